The van der Waals surface area contributed by atoms with Crippen molar-refractivity contribution in [2.75, 3.05) is 12.4 Å². The van der Waals surface area contributed by atoms with E-state index in [2.05, 4.69) is 5.32 Å². The van der Waals surface area contributed by atoms with E-state index < -0.39 is 0 Å². The Labute approximate surface area is 113 Å². The number of allylic oxidation sites excluding steroid dienone is 1. The molecule has 0 saturated heterocycles. The molecule has 0 aromatic heterocycles. The van der Waals surface area contributed by atoms with Crippen molar-refractivity contribution in [2.45, 2.75) is 26.7 Å². The van der Waals surface area contributed by atoms with Gasteiger partial charge < -0.3 is 14.8 Å². The molecule has 4 heteroatoms. The van der Waals surface area contributed by atoms with Crippen LogP contribution in [0, 0.1) is 0 Å². The van der Waals surface area contributed by atoms with Gasteiger partial charge in [-0.05, 0) is 31.5 Å². The summed E-state index contributed by atoms with van der Waals surface area (Å²) in [5.41, 5.74) is 1.59. The van der Waals surface area contributed by atoms with E-state index in [0.29, 0.717) is 12.8 Å². The van der Waals surface area contributed by atoms with Crippen LogP contribution in [0.15, 0.2) is 24.3 Å². The van der Waals surface area contributed by atoms with E-state index in [4.69, 9.17) is 4.74 Å². The average Bonchev–Trinajstić information content (AvgIpc) is 2.34. The van der Waals surface area contributed by atoms with Crippen molar-refractivity contribution in [3.63, 3.8) is 0 Å². The average molecular weight is 261 g/mol. The number of anilines is 1. The van der Waals surface area contributed by atoms with Gasteiger partial charge in [0.25, 0.3) is 0 Å². The van der Waals surface area contributed by atoms with Crippen LogP contribution in [0.5, 0.6) is 5.75 Å². The van der Waals surface area contributed by atoms with Crippen LogP contribution < -0.4 is 10.1 Å². The summed E-state index contributed by atoms with van der Waals surface area (Å²) in [4.78, 5) is 21.9. The number of benzene rings is 1. The minimum absolute atomic E-state index is 0.114. The quantitative estimate of drug-likeness (QED) is 0.856. The van der Waals surface area contributed by atoms with Crippen molar-refractivity contribution < 1.29 is 14.3 Å². The number of nitrogens with one attached hydrogen (secondary N) is 1. The molecule has 1 rings (SSSR count). The number of rotatable bonds is 6. The van der Waals surface area contributed by atoms with Crippen molar-refractivity contribution >= 4 is 23.5 Å². The van der Waals surface area contributed by atoms with E-state index in [1.54, 1.807) is 26.2 Å². The van der Waals surface area contributed by atoms with Crippen molar-refractivity contribution in [1.29, 1.82) is 0 Å². The molecule has 1 aromatic rings. The number of Topliss-reactive ketones (excluding diaryl/α,β-unsaturated/α-hetero) is 1. The fraction of sp³-hybridized carbons (Fsp3) is 0.333. The Morgan fingerprint density at radius 3 is 2.63 bits per heavy atom. The SMILES string of the molecule is COc1ccc(NC(C)=O)cc1/C=C/CCC(C)=O. The second-order valence-electron chi connectivity index (χ2n) is 4.28. The molecule has 0 aliphatic carbocycles. The molecular formula is C15H19NO3. The number of hydrogen-bond donors (Lipinski definition) is 1. The van der Waals surface area contributed by atoms with Crippen LogP contribution in [0.4, 0.5) is 5.69 Å². The number of methoxy groups -OCH3 is 1. The van der Waals surface area contributed by atoms with E-state index in [1.807, 2.05) is 18.2 Å². The van der Waals surface area contributed by atoms with Crippen LogP contribution in [0.3, 0.4) is 0 Å². The van der Waals surface area contributed by atoms with Gasteiger partial charge in [-0.1, -0.05) is 12.2 Å². The summed E-state index contributed by atoms with van der Waals surface area (Å²) in [5.74, 6) is 0.786. The number of ketones is 1. The first-order valence-corrected chi connectivity index (χ1v) is 6.14. The van der Waals surface area contributed by atoms with Gasteiger partial charge in [0.1, 0.15) is 11.5 Å². The number of hydrogen-bond acceptors (Lipinski definition) is 3. The van der Waals surface area contributed by atoms with Gasteiger partial charge in [0, 0.05) is 24.6 Å². The maximum absolute atomic E-state index is 11.0. The lowest BCUT2D eigenvalue weighted by Gasteiger charge is -2.08. The molecule has 19 heavy (non-hydrogen) atoms. The maximum Gasteiger partial charge on any atom is 0.221 e. The summed E-state index contributed by atoms with van der Waals surface area (Å²) in [6.45, 7) is 3.04. The van der Waals surface area contributed by atoms with Crippen molar-refractivity contribution in [2.24, 2.45) is 0 Å². The normalized spacial score (nSPS) is 10.5. The first-order valence-electron chi connectivity index (χ1n) is 6.14. The van der Waals surface area contributed by atoms with Crippen LogP contribution in [0.1, 0.15) is 32.3 Å². The molecule has 0 unspecified atom stereocenters. The van der Waals surface area contributed by atoms with Gasteiger partial charge in [-0.2, -0.15) is 0 Å². The Morgan fingerprint density at radius 2 is 2.05 bits per heavy atom. The third-order valence-corrected chi connectivity index (χ3v) is 2.51. The fourth-order valence-electron chi connectivity index (χ4n) is 1.64. The van der Waals surface area contributed by atoms with Crippen molar-refractivity contribution in [3.05, 3.63) is 29.8 Å². The molecule has 0 spiro atoms. The van der Waals surface area contributed by atoms with E-state index in [-0.39, 0.29) is 11.7 Å². The number of ether oxygens (including phenoxy) is 1. The lowest BCUT2D eigenvalue weighted by atomic mass is 10.1. The van der Waals surface area contributed by atoms with Crippen LogP contribution in [-0.2, 0) is 9.59 Å². The molecule has 1 N–H and O–H groups in total. The summed E-state index contributed by atoms with van der Waals surface area (Å²) in [6, 6.07) is 5.42. The smallest absolute Gasteiger partial charge is 0.221 e. The molecule has 0 bridgehead atoms. The maximum atomic E-state index is 11.0. The summed E-state index contributed by atoms with van der Waals surface area (Å²) in [5, 5.41) is 2.72. The van der Waals surface area contributed by atoms with Gasteiger partial charge in [0.05, 0.1) is 7.11 Å². The zero-order chi connectivity index (χ0) is 14.3. The second kappa shape index (κ2) is 7.36. The van der Waals surface area contributed by atoms with Crippen molar-refractivity contribution in [3.8, 4) is 5.75 Å². The second-order valence-corrected chi connectivity index (χ2v) is 4.28. The number of carbonyl (C=O) groups is 2. The highest BCUT2D eigenvalue weighted by Crippen LogP contribution is 2.24. The van der Waals surface area contributed by atoms with Gasteiger partial charge in [-0.3, -0.25) is 4.79 Å². The van der Waals surface area contributed by atoms with Gasteiger partial charge >= 0.3 is 0 Å². The zero-order valence-electron chi connectivity index (χ0n) is 11.5. The Morgan fingerprint density at radius 1 is 1.32 bits per heavy atom. The Kier molecular flexibility index (Phi) is 5.79. The highest BCUT2D eigenvalue weighted by atomic mass is 16.5. The van der Waals surface area contributed by atoms with Crippen LogP contribution in [-0.4, -0.2) is 18.8 Å². The predicted octanol–water partition coefficient (Wildman–Crippen LogP) is 3.04. The molecule has 0 saturated carbocycles. The first kappa shape index (κ1) is 15.0. The summed E-state index contributed by atoms with van der Waals surface area (Å²) in [7, 11) is 1.60. The first-order chi connectivity index (χ1) is 9.02. The van der Waals surface area contributed by atoms with E-state index in [0.717, 1.165) is 17.0 Å². The largest absolute Gasteiger partial charge is 0.496 e. The lowest BCUT2D eigenvalue weighted by molar-refractivity contribution is -0.117. The van der Waals surface area contributed by atoms with Crippen LogP contribution >= 0.6 is 0 Å². The lowest BCUT2D eigenvalue weighted by Crippen LogP contribution is -2.05. The molecular weight excluding hydrogens is 242 g/mol. The zero-order valence-corrected chi connectivity index (χ0v) is 11.5. The molecule has 102 valence electrons. The molecule has 0 atom stereocenters. The molecule has 0 aliphatic rings. The highest BCUT2D eigenvalue weighted by Gasteiger charge is 2.02. The third kappa shape index (κ3) is 5.38. The van der Waals surface area contributed by atoms with E-state index in [9.17, 15) is 9.59 Å². The number of amides is 1. The highest BCUT2D eigenvalue weighted by molar-refractivity contribution is 5.89. The molecule has 1 amide bonds. The third-order valence-electron chi connectivity index (χ3n) is 2.51. The molecule has 0 heterocycles. The Hall–Kier alpha value is -2.10. The van der Waals surface area contributed by atoms with Gasteiger partial charge in [0.2, 0.25) is 5.91 Å². The van der Waals surface area contributed by atoms with Crippen molar-refractivity contribution in [1.82, 2.24) is 0 Å². The van der Waals surface area contributed by atoms with Gasteiger partial charge in [-0.15, -0.1) is 0 Å². The Bertz CT molecular complexity index is 492. The summed E-state index contributed by atoms with van der Waals surface area (Å²) >= 11 is 0. The van der Waals surface area contributed by atoms with Crippen LogP contribution in [0.2, 0.25) is 0 Å². The Balaban J connectivity index is 2.83. The molecule has 0 radical (unpaired) electrons. The standard InChI is InChI=1S/C15H19NO3/c1-11(17)6-4-5-7-13-10-14(16-12(2)18)8-9-15(13)19-3/h5,7-10H,4,6H2,1-3H3,(H,16,18)/b7-5+. The number of carbonyl (C=O) groups excluding carboxylic acids is 2. The summed E-state index contributed by atoms with van der Waals surface area (Å²) < 4.78 is 5.25. The molecule has 0 aliphatic heterocycles. The topological polar surface area (TPSA) is 55.4 Å². The molecule has 4 nitrogen and oxygen atoms in total. The minimum Gasteiger partial charge on any atom is -0.496 e. The predicted molar refractivity (Wildman–Crippen MR) is 76.2 cm³/mol. The fourth-order valence-corrected chi connectivity index (χ4v) is 1.64. The van der Waals surface area contributed by atoms with Gasteiger partial charge in [0.15, 0.2) is 0 Å². The van der Waals surface area contributed by atoms with E-state index >= 15 is 0 Å². The van der Waals surface area contributed by atoms with E-state index in [1.165, 1.54) is 6.92 Å². The summed E-state index contributed by atoms with van der Waals surface area (Å²) in [6.07, 6.45) is 5.05. The van der Waals surface area contributed by atoms with Crippen LogP contribution in [0.25, 0.3) is 6.08 Å². The minimum atomic E-state index is -0.114. The monoisotopic (exact) mass is 261 g/mol. The van der Waals surface area contributed by atoms with Gasteiger partial charge in [-0.25, -0.2) is 0 Å². The molecule has 0 fully saturated rings. The molecule has 1 aromatic carbocycles.